The van der Waals surface area contributed by atoms with E-state index in [9.17, 15) is 9.90 Å². The Morgan fingerprint density at radius 2 is 1.56 bits per heavy atom. The first-order valence-electron chi connectivity index (χ1n) is 5.50. The van der Waals surface area contributed by atoms with Crippen molar-refractivity contribution >= 4 is 5.78 Å². The molecule has 0 saturated heterocycles. The van der Waals surface area contributed by atoms with Crippen LogP contribution in [0.15, 0.2) is 54.6 Å². The summed E-state index contributed by atoms with van der Waals surface area (Å²) in [5.74, 6) is -0.0754. The van der Waals surface area contributed by atoms with E-state index in [2.05, 4.69) is 0 Å². The summed E-state index contributed by atoms with van der Waals surface area (Å²) in [6, 6.07) is 17.1. The highest BCUT2D eigenvalue weighted by atomic mass is 16.3. The van der Waals surface area contributed by atoms with Crippen LogP contribution in [0, 0.1) is 11.3 Å². The van der Waals surface area contributed by atoms with E-state index in [4.69, 9.17) is 5.26 Å². The Balaban J connectivity index is 2.26. The van der Waals surface area contributed by atoms with Crippen LogP contribution in [0.3, 0.4) is 0 Å². The molecule has 0 spiro atoms. The summed E-state index contributed by atoms with van der Waals surface area (Å²) in [6.45, 7) is 0. The van der Waals surface area contributed by atoms with Gasteiger partial charge in [0.15, 0.2) is 11.9 Å². The molecular formula is C15H11NO2. The molecule has 1 N–H and O–H groups in total. The third kappa shape index (κ3) is 2.45. The van der Waals surface area contributed by atoms with E-state index in [-0.39, 0.29) is 5.78 Å². The normalized spacial score (nSPS) is 11.6. The Kier molecular flexibility index (Phi) is 3.52. The maximum absolute atomic E-state index is 12.1. The van der Waals surface area contributed by atoms with Gasteiger partial charge in [0.1, 0.15) is 0 Å². The van der Waals surface area contributed by atoms with Gasteiger partial charge >= 0.3 is 0 Å². The molecule has 3 nitrogen and oxygen atoms in total. The van der Waals surface area contributed by atoms with Crippen LogP contribution < -0.4 is 0 Å². The first-order chi connectivity index (χ1) is 8.72. The summed E-state index contributed by atoms with van der Waals surface area (Å²) < 4.78 is 0. The minimum Gasteiger partial charge on any atom is -0.374 e. The first-order valence-corrected chi connectivity index (χ1v) is 5.50. The molecule has 0 heterocycles. The Hall–Kier alpha value is -2.44. The van der Waals surface area contributed by atoms with Gasteiger partial charge in [-0.3, -0.25) is 4.79 Å². The fourth-order valence-electron chi connectivity index (χ4n) is 1.65. The van der Waals surface area contributed by atoms with Gasteiger partial charge in [0.25, 0.3) is 0 Å². The van der Waals surface area contributed by atoms with Crippen LogP contribution in [0.25, 0.3) is 0 Å². The summed E-state index contributed by atoms with van der Waals surface area (Å²) in [7, 11) is 0. The molecule has 1 atom stereocenters. The molecule has 2 aromatic rings. The highest BCUT2D eigenvalue weighted by molar-refractivity contribution is 6.08. The Labute approximate surface area is 105 Å². The van der Waals surface area contributed by atoms with Crippen LogP contribution in [-0.4, -0.2) is 10.9 Å². The second kappa shape index (κ2) is 5.26. The van der Waals surface area contributed by atoms with Gasteiger partial charge in [-0.25, -0.2) is 0 Å². The largest absolute Gasteiger partial charge is 0.374 e. The minimum atomic E-state index is -1.15. The molecule has 0 aliphatic heterocycles. The molecule has 2 rings (SSSR count). The number of hydrogen-bond acceptors (Lipinski definition) is 3. The van der Waals surface area contributed by atoms with Crippen LogP contribution in [0.4, 0.5) is 0 Å². The van der Waals surface area contributed by atoms with E-state index in [1.165, 1.54) is 0 Å². The molecule has 3 heteroatoms. The number of aliphatic hydroxyl groups excluding tert-OH is 1. The summed E-state index contributed by atoms with van der Waals surface area (Å²) >= 11 is 0. The van der Waals surface area contributed by atoms with Gasteiger partial charge in [0.2, 0.25) is 0 Å². The zero-order valence-electron chi connectivity index (χ0n) is 9.58. The van der Waals surface area contributed by atoms with Gasteiger partial charge in [-0.2, -0.15) is 5.26 Å². The number of ketones is 1. The zero-order chi connectivity index (χ0) is 13.0. The first kappa shape index (κ1) is 12.0. The standard InChI is InChI=1S/C15H11NO2/c16-10-14(17)11-6-8-13(9-7-11)15(18)12-4-2-1-3-5-12/h1-9,14,17H. The molecule has 0 amide bonds. The summed E-state index contributed by atoms with van der Waals surface area (Å²) in [5.41, 5.74) is 1.64. The van der Waals surface area contributed by atoms with Crippen molar-refractivity contribution < 1.29 is 9.90 Å². The van der Waals surface area contributed by atoms with E-state index in [0.29, 0.717) is 16.7 Å². The number of nitrogens with zero attached hydrogens (tertiary/aromatic N) is 1. The van der Waals surface area contributed by atoms with Crippen molar-refractivity contribution in [2.24, 2.45) is 0 Å². The lowest BCUT2D eigenvalue weighted by Gasteiger charge is -2.04. The molecular weight excluding hydrogens is 226 g/mol. The average molecular weight is 237 g/mol. The van der Waals surface area contributed by atoms with Gasteiger partial charge in [0, 0.05) is 11.1 Å². The van der Waals surface area contributed by atoms with Crippen LogP contribution in [0.1, 0.15) is 27.6 Å². The second-order valence-corrected chi connectivity index (χ2v) is 3.85. The predicted molar refractivity (Wildman–Crippen MR) is 66.9 cm³/mol. The predicted octanol–water partition coefficient (Wildman–Crippen LogP) is 2.47. The third-order valence-corrected chi connectivity index (χ3v) is 2.65. The van der Waals surface area contributed by atoms with E-state index in [0.717, 1.165) is 0 Å². The maximum atomic E-state index is 12.1. The molecule has 1 unspecified atom stereocenters. The van der Waals surface area contributed by atoms with Crippen LogP contribution in [0.5, 0.6) is 0 Å². The van der Waals surface area contributed by atoms with Gasteiger partial charge in [-0.15, -0.1) is 0 Å². The van der Waals surface area contributed by atoms with Crippen molar-refractivity contribution in [2.45, 2.75) is 6.10 Å². The van der Waals surface area contributed by atoms with Crippen LogP contribution in [0.2, 0.25) is 0 Å². The fourth-order valence-corrected chi connectivity index (χ4v) is 1.65. The molecule has 0 fully saturated rings. The SMILES string of the molecule is N#CC(O)c1ccc(C(=O)c2ccccc2)cc1. The molecule has 0 radical (unpaired) electrons. The zero-order valence-corrected chi connectivity index (χ0v) is 9.58. The van der Waals surface area contributed by atoms with Gasteiger partial charge in [-0.1, -0.05) is 54.6 Å². The lowest BCUT2D eigenvalue weighted by Crippen LogP contribution is -2.01. The number of aliphatic hydroxyl groups is 1. The number of carbonyl (C=O) groups is 1. The van der Waals surface area contributed by atoms with Gasteiger partial charge in [-0.05, 0) is 5.56 Å². The van der Waals surface area contributed by atoms with Gasteiger partial charge < -0.3 is 5.11 Å². The summed E-state index contributed by atoms with van der Waals surface area (Å²) in [5, 5.41) is 17.9. The third-order valence-electron chi connectivity index (χ3n) is 2.65. The molecule has 0 aliphatic carbocycles. The second-order valence-electron chi connectivity index (χ2n) is 3.85. The molecule has 18 heavy (non-hydrogen) atoms. The number of benzene rings is 2. The molecule has 0 aliphatic rings. The smallest absolute Gasteiger partial charge is 0.193 e. The Morgan fingerprint density at radius 3 is 2.11 bits per heavy atom. The van der Waals surface area contributed by atoms with Crippen molar-refractivity contribution in [3.63, 3.8) is 0 Å². The van der Waals surface area contributed by atoms with E-state index in [1.54, 1.807) is 54.6 Å². The van der Waals surface area contributed by atoms with Crippen LogP contribution in [-0.2, 0) is 0 Å². The summed E-state index contributed by atoms with van der Waals surface area (Å²) in [4.78, 5) is 12.1. The molecule has 0 bridgehead atoms. The van der Waals surface area contributed by atoms with Crippen LogP contribution >= 0.6 is 0 Å². The molecule has 88 valence electrons. The van der Waals surface area contributed by atoms with E-state index in [1.807, 2.05) is 6.07 Å². The van der Waals surface area contributed by atoms with Crippen molar-refractivity contribution in [3.8, 4) is 6.07 Å². The average Bonchev–Trinajstić information content (AvgIpc) is 2.47. The number of rotatable bonds is 3. The minimum absolute atomic E-state index is 0.0754. The number of nitriles is 1. The highest BCUT2D eigenvalue weighted by Crippen LogP contribution is 2.15. The molecule has 0 saturated carbocycles. The topological polar surface area (TPSA) is 61.1 Å². The van der Waals surface area contributed by atoms with Crippen molar-refractivity contribution in [1.82, 2.24) is 0 Å². The Bertz CT molecular complexity index is 582. The highest BCUT2D eigenvalue weighted by Gasteiger charge is 2.10. The van der Waals surface area contributed by atoms with Crippen molar-refractivity contribution in [2.75, 3.05) is 0 Å². The molecule has 0 aromatic heterocycles. The fraction of sp³-hybridized carbons (Fsp3) is 0.0667. The van der Waals surface area contributed by atoms with Gasteiger partial charge in [0.05, 0.1) is 6.07 Å². The van der Waals surface area contributed by atoms with Crippen molar-refractivity contribution in [3.05, 3.63) is 71.3 Å². The van der Waals surface area contributed by atoms with E-state index >= 15 is 0 Å². The lowest BCUT2D eigenvalue weighted by atomic mass is 10.0. The number of carbonyl (C=O) groups excluding carboxylic acids is 1. The maximum Gasteiger partial charge on any atom is 0.193 e. The monoisotopic (exact) mass is 237 g/mol. The quantitative estimate of drug-likeness (QED) is 0.659. The molecule has 2 aromatic carbocycles. The van der Waals surface area contributed by atoms with Crippen molar-refractivity contribution in [1.29, 1.82) is 5.26 Å². The lowest BCUT2D eigenvalue weighted by molar-refractivity contribution is 0.103. The Morgan fingerprint density at radius 1 is 1.00 bits per heavy atom. The summed E-state index contributed by atoms with van der Waals surface area (Å²) in [6.07, 6.45) is -1.15. The number of hydrogen-bond donors (Lipinski definition) is 1. The van der Waals surface area contributed by atoms with E-state index < -0.39 is 6.10 Å².